The van der Waals surface area contributed by atoms with Crippen LogP contribution in [-0.4, -0.2) is 27.1 Å². The number of rotatable bonds is 5. The first kappa shape index (κ1) is 23.7. The van der Waals surface area contributed by atoms with E-state index in [-0.39, 0.29) is 11.5 Å². The van der Waals surface area contributed by atoms with Crippen molar-refractivity contribution in [2.45, 2.75) is 39.5 Å². The number of aromatic amines is 1. The fourth-order valence-corrected chi connectivity index (χ4v) is 6.01. The van der Waals surface area contributed by atoms with Crippen LogP contribution in [0.4, 0.5) is 5.69 Å². The van der Waals surface area contributed by atoms with Gasteiger partial charge in [-0.2, -0.15) is 0 Å². The maximum atomic E-state index is 12.9. The van der Waals surface area contributed by atoms with Crippen LogP contribution >= 0.6 is 22.9 Å². The molecule has 35 heavy (non-hydrogen) atoms. The largest absolute Gasteiger partial charge is 0.385 e. The molecule has 0 bridgehead atoms. The van der Waals surface area contributed by atoms with E-state index in [1.165, 1.54) is 21.5 Å². The highest BCUT2D eigenvalue weighted by Gasteiger charge is 2.30. The molecule has 0 radical (unpaired) electrons. The standard InChI is InChI=1S/C26H27ClN4O3S/c1-5-28-24(32)19-9-15-17(12-30(4)25(33)22(15)29-19)23-20(10-21(35-23)26(2,3)34)31-11-14-7-6-8-18(27)16(14)13-31/h6-10,12,29,34H,5,11,13H2,1-4H3,(H,28,32). The molecule has 1 aromatic carbocycles. The number of fused-ring (bicyclic) bond motifs is 2. The fourth-order valence-electron chi connectivity index (χ4n) is 4.55. The van der Waals surface area contributed by atoms with Crippen molar-refractivity contribution in [3.8, 4) is 10.4 Å². The third kappa shape index (κ3) is 4.05. The number of hydrogen-bond donors (Lipinski definition) is 3. The molecule has 0 saturated heterocycles. The normalized spacial score (nSPS) is 13.5. The number of hydrogen-bond acceptors (Lipinski definition) is 5. The van der Waals surface area contributed by atoms with Gasteiger partial charge in [-0.15, -0.1) is 11.3 Å². The Labute approximate surface area is 212 Å². The van der Waals surface area contributed by atoms with Gasteiger partial charge < -0.3 is 24.9 Å². The van der Waals surface area contributed by atoms with Crippen LogP contribution in [0, 0.1) is 0 Å². The van der Waals surface area contributed by atoms with Crippen molar-refractivity contribution < 1.29 is 9.90 Å². The van der Waals surface area contributed by atoms with Crippen molar-refractivity contribution in [3.05, 3.63) is 73.6 Å². The number of benzene rings is 1. The number of amides is 1. The zero-order valence-corrected chi connectivity index (χ0v) is 21.6. The lowest BCUT2D eigenvalue weighted by molar-refractivity contribution is 0.0825. The average molecular weight is 511 g/mol. The third-order valence-corrected chi connectivity index (χ3v) is 8.20. The number of H-pyrrole nitrogens is 1. The Bertz CT molecular complexity index is 1530. The zero-order valence-electron chi connectivity index (χ0n) is 20.0. The van der Waals surface area contributed by atoms with Crippen LogP contribution in [0.1, 0.15) is 47.3 Å². The predicted molar refractivity (Wildman–Crippen MR) is 141 cm³/mol. The highest BCUT2D eigenvalue weighted by molar-refractivity contribution is 7.16. The quantitative estimate of drug-likeness (QED) is 0.361. The summed E-state index contributed by atoms with van der Waals surface area (Å²) in [6.07, 6.45) is 1.81. The molecule has 4 aromatic rings. The Balaban J connectivity index is 1.71. The van der Waals surface area contributed by atoms with E-state index in [1.54, 1.807) is 33.2 Å². The number of carbonyl (C=O) groups excluding carboxylic acids is 1. The average Bonchev–Trinajstić information content (AvgIpc) is 3.52. The van der Waals surface area contributed by atoms with Gasteiger partial charge in [-0.3, -0.25) is 9.59 Å². The Morgan fingerprint density at radius 2 is 2.06 bits per heavy atom. The van der Waals surface area contributed by atoms with Gasteiger partial charge in [0.15, 0.2) is 0 Å². The minimum atomic E-state index is -1.04. The lowest BCUT2D eigenvalue weighted by atomic mass is 10.1. The van der Waals surface area contributed by atoms with Gasteiger partial charge >= 0.3 is 0 Å². The van der Waals surface area contributed by atoms with Crippen LogP contribution in [0.15, 0.2) is 41.3 Å². The fraction of sp³-hybridized carbons (Fsp3) is 0.308. The molecule has 3 aromatic heterocycles. The molecule has 0 atom stereocenters. The van der Waals surface area contributed by atoms with Gasteiger partial charge in [0, 0.05) is 53.7 Å². The first-order chi connectivity index (χ1) is 16.6. The number of anilines is 1. The van der Waals surface area contributed by atoms with Gasteiger partial charge in [0.1, 0.15) is 11.2 Å². The number of thiophene rings is 1. The highest BCUT2D eigenvalue weighted by Crippen LogP contribution is 2.47. The van der Waals surface area contributed by atoms with E-state index in [0.717, 1.165) is 31.6 Å². The molecular formula is C26H27ClN4O3S. The van der Waals surface area contributed by atoms with Crippen molar-refractivity contribution in [1.29, 1.82) is 0 Å². The SMILES string of the molecule is CCNC(=O)c1cc2c(-c3sc(C(C)(C)O)cc3N3Cc4cccc(Cl)c4C3)cn(C)c(=O)c2[nH]1. The predicted octanol–water partition coefficient (Wildman–Crippen LogP) is 4.75. The Kier molecular flexibility index (Phi) is 5.78. The highest BCUT2D eigenvalue weighted by atomic mass is 35.5. The smallest absolute Gasteiger partial charge is 0.274 e. The molecule has 4 heterocycles. The summed E-state index contributed by atoms with van der Waals surface area (Å²) in [5.41, 5.74) is 3.53. The molecule has 5 rings (SSSR count). The zero-order chi connectivity index (χ0) is 25.1. The monoisotopic (exact) mass is 510 g/mol. The number of aromatic nitrogens is 2. The van der Waals surface area contributed by atoms with Crippen LogP contribution in [0.25, 0.3) is 21.3 Å². The third-order valence-electron chi connectivity index (χ3n) is 6.37. The molecule has 0 saturated carbocycles. The summed E-state index contributed by atoms with van der Waals surface area (Å²) in [6.45, 7) is 7.21. The number of carbonyl (C=O) groups is 1. The van der Waals surface area contributed by atoms with Gasteiger partial charge in [0.25, 0.3) is 11.5 Å². The summed E-state index contributed by atoms with van der Waals surface area (Å²) in [4.78, 5) is 32.5. The van der Waals surface area contributed by atoms with E-state index < -0.39 is 5.60 Å². The minimum Gasteiger partial charge on any atom is -0.385 e. The van der Waals surface area contributed by atoms with E-state index in [9.17, 15) is 14.7 Å². The number of aliphatic hydroxyl groups is 1. The number of aryl methyl sites for hydroxylation is 1. The number of pyridine rings is 1. The van der Waals surface area contributed by atoms with E-state index >= 15 is 0 Å². The Morgan fingerprint density at radius 3 is 2.74 bits per heavy atom. The van der Waals surface area contributed by atoms with E-state index in [2.05, 4.69) is 21.3 Å². The Hall–Kier alpha value is -3.07. The van der Waals surface area contributed by atoms with Gasteiger partial charge in [-0.05, 0) is 50.1 Å². The summed E-state index contributed by atoms with van der Waals surface area (Å²) >= 11 is 7.98. The van der Waals surface area contributed by atoms with E-state index in [4.69, 9.17) is 11.6 Å². The first-order valence-electron chi connectivity index (χ1n) is 11.5. The van der Waals surface area contributed by atoms with Crippen LogP contribution in [0.2, 0.25) is 5.02 Å². The van der Waals surface area contributed by atoms with Crippen LogP contribution in [0.3, 0.4) is 0 Å². The Morgan fingerprint density at radius 1 is 1.29 bits per heavy atom. The molecule has 3 N–H and O–H groups in total. The lowest BCUT2D eigenvalue weighted by Gasteiger charge is -2.19. The molecular weight excluding hydrogens is 484 g/mol. The van der Waals surface area contributed by atoms with Gasteiger partial charge in [-0.25, -0.2) is 0 Å². The minimum absolute atomic E-state index is 0.208. The van der Waals surface area contributed by atoms with Crippen LogP contribution in [0.5, 0.6) is 0 Å². The summed E-state index contributed by atoms with van der Waals surface area (Å²) in [7, 11) is 1.70. The second kappa shape index (κ2) is 8.55. The molecule has 0 spiro atoms. The van der Waals surface area contributed by atoms with Crippen molar-refractivity contribution >= 4 is 45.4 Å². The second-order valence-electron chi connectivity index (χ2n) is 9.41. The molecule has 7 nitrogen and oxygen atoms in total. The van der Waals surface area contributed by atoms with E-state index in [0.29, 0.717) is 36.2 Å². The molecule has 0 aliphatic carbocycles. The molecule has 0 fully saturated rings. The van der Waals surface area contributed by atoms with Crippen molar-refractivity contribution in [2.75, 3.05) is 11.4 Å². The summed E-state index contributed by atoms with van der Waals surface area (Å²) in [5.74, 6) is -0.259. The number of halogens is 1. The molecule has 1 aliphatic rings. The second-order valence-corrected chi connectivity index (χ2v) is 10.9. The summed E-state index contributed by atoms with van der Waals surface area (Å²) in [5, 5.41) is 15.0. The van der Waals surface area contributed by atoms with Gasteiger partial charge in [-0.1, -0.05) is 23.7 Å². The van der Waals surface area contributed by atoms with Crippen LogP contribution < -0.4 is 15.8 Å². The van der Waals surface area contributed by atoms with Crippen molar-refractivity contribution in [2.24, 2.45) is 7.05 Å². The van der Waals surface area contributed by atoms with Gasteiger partial charge in [0.2, 0.25) is 0 Å². The van der Waals surface area contributed by atoms with Crippen molar-refractivity contribution in [3.63, 3.8) is 0 Å². The first-order valence-corrected chi connectivity index (χ1v) is 12.7. The number of nitrogens with zero attached hydrogens (tertiary/aromatic N) is 2. The summed E-state index contributed by atoms with van der Waals surface area (Å²) < 4.78 is 1.53. The maximum absolute atomic E-state index is 12.9. The summed E-state index contributed by atoms with van der Waals surface area (Å²) in [6, 6.07) is 9.70. The maximum Gasteiger partial charge on any atom is 0.274 e. The topological polar surface area (TPSA) is 90.4 Å². The van der Waals surface area contributed by atoms with Crippen molar-refractivity contribution in [1.82, 2.24) is 14.9 Å². The number of nitrogens with one attached hydrogen (secondary N) is 2. The van der Waals surface area contributed by atoms with E-state index in [1.807, 2.05) is 25.1 Å². The van der Waals surface area contributed by atoms with Gasteiger partial charge in [0.05, 0.1) is 16.2 Å². The molecule has 1 amide bonds. The van der Waals surface area contributed by atoms with Crippen LogP contribution in [-0.2, 0) is 25.7 Å². The molecule has 0 unspecified atom stereocenters. The molecule has 9 heteroatoms. The molecule has 1 aliphatic heterocycles. The molecule has 182 valence electrons. The lowest BCUT2D eigenvalue weighted by Crippen LogP contribution is -2.23.